The Balaban J connectivity index is 0.892. The van der Waals surface area contributed by atoms with E-state index in [1.807, 2.05) is 48.5 Å². The van der Waals surface area contributed by atoms with Gasteiger partial charge in [0, 0.05) is 78.5 Å². The first-order chi connectivity index (χ1) is 26.9. The first-order valence-corrected chi connectivity index (χ1v) is 19.6. The zero-order valence-corrected chi connectivity index (χ0v) is 33.1. The third kappa shape index (κ3) is 10.4. The van der Waals surface area contributed by atoms with Crippen molar-refractivity contribution in [2.24, 2.45) is 0 Å². The lowest BCUT2D eigenvalue weighted by molar-refractivity contribution is 0.197. The fourth-order valence-corrected chi connectivity index (χ4v) is 7.37. The second-order valence-electron chi connectivity index (χ2n) is 13.5. The predicted octanol–water partition coefficient (Wildman–Crippen LogP) is 4.40. The van der Waals surface area contributed by atoms with E-state index < -0.39 is 0 Å². The van der Waals surface area contributed by atoms with E-state index in [4.69, 9.17) is 42.1 Å². The van der Waals surface area contributed by atoms with E-state index >= 15 is 0 Å². The Hall–Kier alpha value is -4.50. The summed E-state index contributed by atoms with van der Waals surface area (Å²) in [5.41, 5.74) is 0.730. The summed E-state index contributed by atoms with van der Waals surface area (Å²) in [4.78, 5) is 35.1. The minimum absolute atomic E-state index is 0.188. The molecule has 0 radical (unpaired) electrons. The summed E-state index contributed by atoms with van der Waals surface area (Å²) in [6, 6.07) is 15.2. The topological polar surface area (TPSA) is 120 Å². The molecule has 55 heavy (non-hydrogen) atoms. The molecule has 0 spiro atoms. The van der Waals surface area contributed by atoms with Crippen LogP contribution in [0.2, 0.25) is 10.0 Å². The molecule has 16 heteroatoms. The molecule has 0 amide bonds. The molecule has 2 aliphatic rings. The smallest absolute Gasteiger partial charge is 0.287 e. The van der Waals surface area contributed by atoms with Crippen LogP contribution in [0.25, 0.3) is 0 Å². The number of anilines is 2. The maximum atomic E-state index is 13.1. The van der Waals surface area contributed by atoms with Crippen LogP contribution in [0, 0.1) is 0 Å². The summed E-state index contributed by atoms with van der Waals surface area (Å²) >= 11 is 13.2. The molecule has 4 heterocycles. The number of methoxy groups -OCH3 is 2. The normalized spacial score (nSPS) is 15.3. The Morgan fingerprint density at radius 3 is 1.31 bits per heavy atom. The molecule has 4 aromatic rings. The highest BCUT2D eigenvalue weighted by Gasteiger charge is 2.23. The molecule has 2 saturated heterocycles. The number of unbranched alkanes of at least 4 members (excludes halogenated alkanes) is 2. The lowest BCUT2D eigenvalue weighted by atomic mass is 10.2. The summed E-state index contributed by atoms with van der Waals surface area (Å²) in [6.07, 6.45) is 5.55. The monoisotopic (exact) mass is 796 g/mol. The van der Waals surface area contributed by atoms with Crippen LogP contribution in [-0.4, -0.2) is 122 Å². The van der Waals surface area contributed by atoms with Gasteiger partial charge in [0.2, 0.25) is 0 Å². The van der Waals surface area contributed by atoms with Crippen molar-refractivity contribution in [1.29, 1.82) is 0 Å². The Labute approximate surface area is 331 Å². The molecule has 0 aliphatic carbocycles. The van der Waals surface area contributed by atoms with Gasteiger partial charge in [0.25, 0.3) is 11.1 Å². The number of halogens is 2. The molecule has 0 atom stereocenters. The Bertz CT molecular complexity index is 1820. The van der Waals surface area contributed by atoms with Crippen LogP contribution in [0.4, 0.5) is 11.4 Å². The number of rotatable bonds is 18. The molecule has 0 unspecified atom stereocenters. The molecule has 0 N–H and O–H groups in total. The highest BCUT2D eigenvalue weighted by molar-refractivity contribution is 6.33. The van der Waals surface area contributed by atoms with Gasteiger partial charge in [0.05, 0.1) is 38.0 Å². The summed E-state index contributed by atoms with van der Waals surface area (Å²) in [7, 11) is 3.27. The van der Waals surface area contributed by atoms with Crippen LogP contribution in [0.1, 0.15) is 19.3 Å². The Kier molecular flexibility index (Phi) is 14.5. The standard InChI is InChI=1S/C39H50Cl2N8O6/c1-52-32-10-4-6-12-34(32)54-26-24-44-16-20-46(21-17-44)30-28-42-48(38(50)36(30)40)14-8-3-9-15-49-39(51)37(41)31(29-43-49)47-22-18-45(19-23-47)25-27-55-35-13-7-5-11-33(35)53-2/h4-7,10-13,28-29H,3,8-9,14-27H2,1-2H3. The van der Waals surface area contributed by atoms with Crippen molar-refractivity contribution < 1.29 is 18.9 Å². The van der Waals surface area contributed by atoms with Crippen molar-refractivity contribution in [3.05, 3.63) is 91.7 Å². The number of benzene rings is 2. The van der Waals surface area contributed by atoms with Crippen LogP contribution >= 0.6 is 23.2 Å². The van der Waals surface area contributed by atoms with Crippen LogP contribution in [-0.2, 0) is 13.1 Å². The second kappa shape index (κ2) is 19.9. The second-order valence-corrected chi connectivity index (χ2v) is 14.2. The van der Waals surface area contributed by atoms with Crippen LogP contribution in [0.5, 0.6) is 23.0 Å². The molecule has 2 fully saturated rings. The Morgan fingerprint density at radius 1 is 0.545 bits per heavy atom. The summed E-state index contributed by atoms with van der Waals surface area (Å²) in [5.74, 6) is 2.90. The summed E-state index contributed by atoms with van der Waals surface area (Å²) in [6.45, 7) is 9.74. The first kappa shape index (κ1) is 40.2. The van der Waals surface area contributed by atoms with Gasteiger partial charge in [-0.2, -0.15) is 10.2 Å². The molecule has 0 bridgehead atoms. The van der Waals surface area contributed by atoms with E-state index in [1.54, 1.807) is 26.6 Å². The number of aryl methyl sites for hydroxylation is 2. The lowest BCUT2D eigenvalue weighted by Gasteiger charge is -2.36. The third-order valence-electron chi connectivity index (χ3n) is 10.1. The molecule has 296 valence electrons. The summed E-state index contributed by atoms with van der Waals surface area (Å²) < 4.78 is 25.4. The van der Waals surface area contributed by atoms with Gasteiger partial charge in [-0.05, 0) is 43.5 Å². The number of para-hydroxylation sites is 4. The fraction of sp³-hybridized carbons (Fsp3) is 0.487. The van der Waals surface area contributed by atoms with Crippen molar-refractivity contribution in [3.8, 4) is 23.0 Å². The maximum absolute atomic E-state index is 13.1. The minimum Gasteiger partial charge on any atom is -0.493 e. The SMILES string of the molecule is COc1ccccc1OCCN1CCN(c2cnn(CCCCCn3ncc(N4CCN(CCOc5ccccc5OC)CC4)c(Cl)c3=O)c(=O)c2Cl)CC1. The van der Waals surface area contributed by atoms with E-state index in [0.29, 0.717) is 50.5 Å². The van der Waals surface area contributed by atoms with E-state index in [9.17, 15) is 9.59 Å². The van der Waals surface area contributed by atoms with Crippen molar-refractivity contribution in [2.75, 3.05) is 103 Å². The van der Waals surface area contributed by atoms with Gasteiger partial charge in [-0.15, -0.1) is 0 Å². The van der Waals surface area contributed by atoms with Gasteiger partial charge in [0.1, 0.15) is 23.3 Å². The maximum Gasteiger partial charge on any atom is 0.287 e. The highest BCUT2D eigenvalue weighted by atomic mass is 35.5. The third-order valence-corrected chi connectivity index (χ3v) is 10.8. The van der Waals surface area contributed by atoms with Gasteiger partial charge in [-0.1, -0.05) is 47.5 Å². The largest absolute Gasteiger partial charge is 0.493 e. The molecular formula is C39H50Cl2N8O6. The average Bonchev–Trinajstić information content (AvgIpc) is 3.22. The minimum atomic E-state index is -0.297. The zero-order valence-electron chi connectivity index (χ0n) is 31.6. The number of hydrogen-bond acceptors (Lipinski definition) is 12. The zero-order chi connectivity index (χ0) is 38.6. The van der Waals surface area contributed by atoms with Gasteiger partial charge >= 0.3 is 0 Å². The highest BCUT2D eigenvalue weighted by Crippen LogP contribution is 2.28. The van der Waals surface area contributed by atoms with E-state index in [0.717, 1.165) is 94.9 Å². The molecule has 2 aromatic heterocycles. The van der Waals surface area contributed by atoms with Gasteiger partial charge < -0.3 is 28.7 Å². The van der Waals surface area contributed by atoms with E-state index in [2.05, 4.69) is 29.8 Å². The van der Waals surface area contributed by atoms with E-state index in [1.165, 1.54) is 9.36 Å². The molecular weight excluding hydrogens is 747 g/mol. The molecule has 14 nitrogen and oxygen atoms in total. The fourth-order valence-electron chi connectivity index (χ4n) is 6.84. The number of aromatic nitrogens is 4. The van der Waals surface area contributed by atoms with Crippen LogP contribution in [0.15, 0.2) is 70.5 Å². The first-order valence-electron chi connectivity index (χ1n) is 18.8. The van der Waals surface area contributed by atoms with Crippen molar-refractivity contribution in [1.82, 2.24) is 29.4 Å². The molecule has 0 saturated carbocycles. The van der Waals surface area contributed by atoms with Gasteiger partial charge in [-0.3, -0.25) is 19.4 Å². The number of hydrogen-bond donors (Lipinski definition) is 0. The van der Waals surface area contributed by atoms with Crippen molar-refractivity contribution in [3.63, 3.8) is 0 Å². The van der Waals surface area contributed by atoms with E-state index in [-0.39, 0.29) is 21.2 Å². The number of piperazine rings is 2. The quantitative estimate of drug-likeness (QED) is 0.133. The van der Waals surface area contributed by atoms with Gasteiger partial charge in [-0.25, -0.2) is 9.36 Å². The number of ether oxygens (including phenoxy) is 4. The lowest BCUT2D eigenvalue weighted by Crippen LogP contribution is -2.48. The molecule has 2 aliphatic heterocycles. The average molecular weight is 798 g/mol. The molecule has 6 rings (SSSR count). The van der Waals surface area contributed by atoms with Crippen LogP contribution in [0.3, 0.4) is 0 Å². The van der Waals surface area contributed by atoms with Crippen molar-refractivity contribution in [2.45, 2.75) is 32.4 Å². The Morgan fingerprint density at radius 2 is 0.927 bits per heavy atom. The summed E-state index contributed by atoms with van der Waals surface area (Å²) in [5, 5.41) is 9.25. The predicted molar refractivity (Wildman–Crippen MR) is 215 cm³/mol. The molecule has 2 aromatic carbocycles. The van der Waals surface area contributed by atoms with Crippen LogP contribution < -0.4 is 39.9 Å². The number of nitrogens with zero attached hydrogens (tertiary/aromatic N) is 8. The van der Waals surface area contributed by atoms with Gasteiger partial charge in [0.15, 0.2) is 23.0 Å². The van der Waals surface area contributed by atoms with Crippen molar-refractivity contribution >= 4 is 34.6 Å².